The standard InChI is InChI=1S/C12H25NO3/c1-9(2)5-11(7-13)6-12(14)16-10(3)8-15-4/h9-11H,5-8,13H2,1-4H3. The second-order valence-corrected chi connectivity index (χ2v) is 4.69. The number of rotatable bonds is 8. The minimum absolute atomic E-state index is 0.180. The van der Waals surface area contributed by atoms with E-state index in [-0.39, 0.29) is 18.0 Å². The van der Waals surface area contributed by atoms with Crippen molar-refractivity contribution in [3.63, 3.8) is 0 Å². The number of hydrogen-bond donors (Lipinski definition) is 1. The van der Waals surface area contributed by atoms with Gasteiger partial charge in [-0.15, -0.1) is 0 Å². The molecule has 0 aromatic rings. The molecule has 0 saturated carbocycles. The zero-order chi connectivity index (χ0) is 12.6. The van der Waals surface area contributed by atoms with Gasteiger partial charge >= 0.3 is 5.97 Å². The van der Waals surface area contributed by atoms with Crippen LogP contribution in [0.5, 0.6) is 0 Å². The van der Waals surface area contributed by atoms with E-state index in [0.29, 0.717) is 25.5 Å². The average molecular weight is 231 g/mol. The minimum atomic E-state index is -0.185. The monoisotopic (exact) mass is 231 g/mol. The first-order valence-corrected chi connectivity index (χ1v) is 5.88. The molecule has 0 rings (SSSR count). The third kappa shape index (κ3) is 7.65. The van der Waals surface area contributed by atoms with Crippen LogP contribution < -0.4 is 5.73 Å². The highest BCUT2D eigenvalue weighted by atomic mass is 16.6. The van der Waals surface area contributed by atoms with Gasteiger partial charge in [0.2, 0.25) is 0 Å². The summed E-state index contributed by atoms with van der Waals surface area (Å²) in [6, 6.07) is 0. The van der Waals surface area contributed by atoms with Gasteiger partial charge < -0.3 is 15.2 Å². The molecule has 0 spiro atoms. The summed E-state index contributed by atoms with van der Waals surface area (Å²) in [5.41, 5.74) is 5.63. The van der Waals surface area contributed by atoms with Gasteiger partial charge in [-0.1, -0.05) is 13.8 Å². The van der Waals surface area contributed by atoms with Crippen molar-refractivity contribution >= 4 is 5.97 Å². The van der Waals surface area contributed by atoms with Crippen LogP contribution in [0.3, 0.4) is 0 Å². The lowest BCUT2D eigenvalue weighted by molar-refractivity contribution is -0.151. The zero-order valence-corrected chi connectivity index (χ0v) is 10.9. The zero-order valence-electron chi connectivity index (χ0n) is 10.9. The topological polar surface area (TPSA) is 61.5 Å². The fourth-order valence-electron chi connectivity index (χ4n) is 1.71. The van der Waals surface area contributed by atoms with Gasteiger partial charge in [-0.2, -0.15) is 0 Å². The van der Waals surface area contributed by atoms with Crippen LogP contribution in [0.2, 0.25) is 0 Å². The van der Waals surface area contributed by atoms with Crippen LogP contribution in [0.4, 0.5) is 0 Å². The molecule has 0 bridgehead atoms. The summed E-state index contributed by atoms with van der Waals surface area (Å²) < 4.78 is 10.1. The van der Waals surface area contributed by atoms with Gasteiger partial charge in [-0.3, -0.25) is 4.79 Å². The highest BCUT2D eigenvalue weighted by molar-refractivity contribution is 5.69. The highest BCUT2D eigenvalue weighted by Crippen LogP contribution is 2.15. The van der Waals surface area contributed by atoms with Crippen LogP contribution in [-0.2, 0) is 14.3 Å². The molecule has 4 nitrogen and oxygen atoms in total. The number of nitrogens with two attached hydrogens (primary N) is 1. The number of hydrogen-bond acceptors (Lipinski definition) is 4. The molecule has 0 radical (unpaired) electrons. The quantitative estimate of drug-likeness (QED) is 0.644. The summed E-state index contributed by atoms with van der Waals surface area (Å²) in [5, 5.41) is 0. The second-order valence-electron chi connectivity index (χ2n) is 4.69. The highest BCUT2D eigenvalue weighted by Gasteiger charge is 2.16. The van der Waals surface area contributed by atoms with Gasteiger partial charge in [0.25, 0.3) is 0 Å². The Balaban J connectivity index is 3.91. The first kappa shape index (κ1) is 15.4. The summed E-state index contributed by atoms with van der Waals surface area (Å²) in [6.45, 7) is 7.04. The van der Waals surface area contributed by atoms with Gasteiger partial charge in [-0.25, -0.2) is 0 Å². The van der Waals surface area contributed by atoms with Crippen LogP contribution in [0.15, 0.2) is 0 Å². The maximum atomic E-state index is 11.5. The average Bonchev–Trinajstić information content (AvgIpc) is 2.15. The van der Waals surface area contributed by atoms with Crippen molar-refractivity contribution in [2.24, 2.45) is 17.6 Å². The molecule has 0 aliphatic heterocycles. The lowest BCUT2D eigenvalue weighted by atomic mass is 9.94. The van der Waals surface area contributed by atoms with Crippen LogP contribution in [0.25, 0.3) is 0 Å². The number of carbonyl (C=O) groups excluding carboxylic acids is 1. The fraction of sp³-hybridized carbons (Fsp3) is 0.917. The third-order valence-electron chi connectivity index (χ3n) is 2.33. The van der Waals surface area contributed by atoms with E-state index in [2.05, 4.69) is 13.8 Å². The van der Waals surface area contributed by atoms with Gasteiger partial charge in [0, 0.05) is 13.5 Å². The molecule has 0 amide bonds. The Hall–Kier alpha value is -0.610. The normalized spacial score (nSPS) is 14.9. The summed E-state index contributed by atoms with van der Waals surface area (Å²) >= 11 is 0. The van der Waals surface area contributed by atoms with E-state index in [1.165, 1.54) is 0 Å². The molecule has 0 aromatic carbocycles. The van der Waals surface area contributed by atoms with Crippen molar-refractivity contribution in [1.29, 1.82) is 0 Å². The van der Waals surface area contributed by atoms with Crippen molar-refractivity contribution in [1.82, 2.24) is 0 Å². The Morgan fingerprint density at radius 2 is 1.94 bits per heavy atom. The van der Waals surface area contributed by atoms with E-state index in [9.17, 15) is 4.79 Å². The molecule has 0 aromatic heterocycles. The lowest BCUT2D eigenvalue weighted by Gasteiger charge is -2.18. The summed E-state index contributed by atoms with van der Waals surface area (Å²) in [6.07, 6.45) is 1.18. The largest absolute Gasteiger partial charge is 0.460 e. The van der Waals surface area contributed by atoms with Gasteiger partial charge in [0.1, 0.15) is 6.10 Å². The van der Waals surface area contributed by atoms with Crippen molar-refractivity contribution < 1.29 is 14.3 Å². The lowest BCUT2D eigenvalue weighted by Crippen LogP contribution is -2.25. The molecular formula is C12H25NO3. The van der Waals surface area contributed by atoms with Crippen LogP contribution in [-0.4, -0.2) is 32.3 Å². The minimum Gasteiger partial charge on any atom is -0.460 e. The van der Waals surface area contributed by atoms with E-state index in [0.717, 1.165) is 6.42 Å². The summed E-state index contributed by atoms with van der Waals surface area (Å²) in [7, 11) is 1.59. The Morgan fingerprint density at radius 1 is 1.31 bits per heavy atom. The Labute approximate surface area is 98.5 Å². The van der Waals surface area contributed by atoms with Crippen LogP contribution >= 0.6 is 0 Å². The molecule has 0 aliphatic carbocycles. The van der Waals surface area contributed by atoms with Crippen molar-refractivity contribution in [2.45, 2.75) is 39.7 Å². The number of ether oxygens (including phenoxy) is 2. The molecule has 4 heteroatoms. The molecule has 2 unspecified atom stereocenters. The predicted molar refractivity (Wildman–Crippen MR) is 64.0 cm³/mol. The van der Waals surface area contributed by atoms with Crippen molar-refractivity contribution in [3.05, 3.63) is 0 Å². The van der Waals surface area contributed by atoms with E-state index >= 15 is 0 Å². The maximum Gasteiger partial charge on any atom is 0.306 e. The molecule has 0 fully saturated rings. The molecule has 16 heavy (non-hydrogen) atoms. The van der Waals surface area contributed by atoms with Crippen LogP contribution in [0, 0.1) is 11.8 Å². The predicted octanol–water partition coefficient (Wildman–Crippen LogP) is 1.58. The Bertz CT molecular complexity index is 195. The van der Waals surface area contributed by atoms with Crippen LogP contribution in [0.1, 0.15) is 33.6 Å². The molecule has 2 N–H and O–H groups in total. The summed E-state index contributed by atoms with van der Waals surface area (Å²) in [4.78, 5) is 11.5. The van der Waals surface area contributed by atoms with E-state index in [1.54, 1.807) is 7.11 Å². The molecule has 2 atom stereocenters. The smallest absolute Gasteiger partial charge is 0.306 e. The molecular weight excluding hydrogens is 206 g/mol. The number of esters is 1. The second kappa shape index (κ2) is 8.53. The molecule has 0 saturated heterocycles. The van der Waals surface area contributed by atoms with Crippen molar-refractivity contribution in [2.75, 3.05) is 20.3 Å². The van der Waals surface area contributed by atoms with E-state index in [1.807, 2.05) is 6.92 Å². The summed E-state index contributed by atoms with van der Waals surface area (Å²) in [5.74, 6) is 0.598. The maximum absolute atomic E-state index is 11.5. The van der Waals surface area contributed by atoms with E-state index < -0.39 is 0 Å². The van der Waals surface area contributed by atoms with Gasteiger partial charge in [0.15, 0.2) is 0 Å². The van der Waals surface area contributed by atoms with Gasteiger partial charge in [-0.05, 0) is 31.7 Å². The SMILES string of the molecule is COCC(C)OC(=O)CC(CN)CC(C)C. The fourth-order valence-corrected chi connectivity index (χ4v) is 1.71. The molecule has 96 valence electrons. The third-order valence-corrected chi connectivity index (χ3v) is 2.33. The molecule has 0 heterocycles. The number of methoxy groups -OCH3 is 1. The first-order valence-electron chi connectivity index (χ1n) is 5.88. The van der Waals surface area contributed by atoms with E-state index in [4.69, 9.17) is 15.2 Å². The first-order chi connectivity index (χ1) is 7.49. The Morgan fingerprint density at radius 3 is 2.38 bits per heavy atom. The van der Waals surface area contributed by atoms with Crippen molar-refractivity contribution in [3.8, 4) is 0 Å². The van der Waals surface area contributed by atoms with Gasteiger partial charge in [0.05, 0.1) is 6.61 Å². The Kier molecular flexibility index (Phi) is 8.21. The number of carbonyl (C=O) groups is 1. The molecule has 0 aliphatic rings.